The zero-order valence-electron chi connectivity index (χ0n) is 14.1. The van der Waals surface area contributed by atoms with Crippen molar-refractivity contribution in [1.29, 1.82) is 0 Å². The molecule has 134 valence electrons. The third kappa shape index (κ3) is 3.14. The number of hydrogen-bond acceptors (Lipinski definition) is 5. The lowest BCUT2D eigenvalue weighted by atomic mass is 9.96. The number of carbonyl (C=O) groups excluding carboxylic acids is 1. The van der Waals surface area contributed by atoms with Crippen LogP contribution >= 0.6 is 11.6 Å². The molecule has 0 bridgehead atoms. The van der Waals surface area contributed by atoms with Crippen LogP contribution in [0.25, 0.3) is 10.9 Å². The minimum Gasteiger partial charge on any atom is -0.425 e. The van der Waals surface area contributed by atoms with Gasteiger partial charge in [-0.05, 0) is 31.0 Å². The van der Waals surface area contributed by atoms with Crippen molar-refractivity contribution >= 4 is 28.4 Å². The predicted octanol–water partition coefficient (Wildman–Crippen LogP) is 3.74. The quantitative estimate of drug-likeness (QED) is 0.639. The summed E-state index contributed by atoms with van der Waals surface area (Å²) in [4.78, 5) is 18.8. The van der Waals surface area contributed by atoms with E-state index < -0.39 is 5.82 Å². The molecule has 0 aliphatic carbocycles. The molecule has 0 spiro atoms. The second-order valence-electron chi connectivity index (χ2n) is 6.39. The van der Waals surface area contributed by atoms with Gasteiger partial charge in [-0.15, -0.1) is 10.2 Å². The molecule has 2 aromatic heterocycles. The third-order valence-electron chi connectivity index (χ3n) is 4.64. The molecular weight excluding hydrogens is 359 g/mol. The summed E-state index contributed by atoms with van der Waals surface area (Å²) in [6.45, 7) is 2.90. The van der Waals surface area contributed by atoms with Crippen LogP contribution in [-0.2, 0) is 0 Å². The molecular formula is C18H16ClFN4O2. The summed E-state index contributed by atoms with van der Waals surface area (Å²) in [5.41, 5.74) is 0.759. The molecule has 3 heterocycles. The summed E-state index contributed by atoms with van der Waals surface area (Å²) < 4.78 is 18.8. The van der Waals surface area contributed by atoms with Crippen molar-refractivity contribution in [2.75, 3.05) is 13.1 Å². The molecule has 8 heteroatoms. The number of pyridine rings is 1. The Labute approximate surface area is 154 Å². The molecule has 0 unspecified atom stereocenters. The van der Waals surface area contributed by atoms with E-state index >= 15 is 0 Å². The van der Waals surface area contributed by atoms with Gasteiger partial charge in [0.25, 0.3) is 5.91 Å². The first kappa shape index (κ1) is 16.9. The first-order valence-electron chi connectivity index (χ1n) is 8.36. The lowest BCUT2D eigenvalue weighted by molar-refractivity contribution is 0.0706. The topological polar surface area (TPSA) is 72.1 Å². The number of aromatic nitrogens is 3. The number of benzene rings is 1. The SMILES string of the molecule is Cc1nnc(C2CCN(C(=O)c3cc4ccc(F)cc4nc3Cl)CC2)o1. The maximum absolute atomic E-state index is 13.3. The van der Waals surface area contributed by atoms with E-state index in [2.05, 4.69) is 15.2 Å². The third-order valence-corrected chi connectivity index (χ3v) is 4.92. The molecule has 26 heavy (non-hydrogen) atoms. The minimum absolute atomic E-state index is 0.0859. The Bertz CT molecular complexity index is 982. The summed E-state index contributed by atoms with van der Waals surface area (Å²) in [6, 6.07) is 5.90. The van der Waals surface area contributed by atoms with Gasteiger partial charge in [-0.25, -0.2) is 9.37 Å². The first-order valence-corrected chi connectivity index (χ1v) is 8.74. The second-order valence-corrected chi connectivity index (χ2v) is 6.75. The fraction of sp³-hybridized carbons (Fsp3) is 0.333. The maximum Gasteiger partial charge on any atom is 0.257 e. The minimum atomic E-state index is -0.390. The highest BCUT2D eigenvalue weighted by Gasteiger charge is 2.28. The number of piperidine rings is 1. The van der Waals surface area contributed by atoms with Crippen LogP contribution in [0, 0.1) is 12.7 Å². The van der Waals surface area contributed by atoms with Crippen molar-refractivity contribution in [2.45, 2.75) is 25.7 Å². The van der Waals surface area contributed by atoms with Crippen molar-refractivity contribution in [3.8, 4) is 0 Å². The average molecular weight is 375 g/mol. The van der Waals surface area contributed by atoms with E-state index in [1.807, 2.05) is 0 Å². The van der Waals surface area contributed by atoms with Gasteiger partial charge in [0.1, 0.15) is 11.0 Å². The van der Waals surface area contributed by atoms with Crippen LogP contribution in [0.2, 0.25) is 5.15 Å². The molecule has 1 amide bonds. The molecule has 3 aromatic rings. The van der Waals surface area contributed by atoms with Crippen molar-refractivity contribution < 1.29 is 13.6 Å². The van der Waals surface area contributed by atoms with Crippen LogP contribution < -0.4 is 0 Å². The Hall–Kier alpha value is -2.54. The molecule has 0 N–H and O–H groups in total. The Morgan fingerprint density at radius 3 is 2.73 bits per heavy atom. The van der Waals surface area contributed by atoms with Crippen LogP contribution in [0.1, 0.15) is 40.9 Å². The molecule has 1 aliphatic heterocycles. The van der Waals surface area contributed by atoms with Crippen molar-refractivity contribution in [3.63, 3.8) is 0 Å². The summed E-state index contributed by atoms with van der Waals surface area (Å²) in [5, 5.41) is 8.69. The number of aryl methyl sites for hydroxylation is 1. The first-order chi connectivity index (χ1) is 12.5. The number of rotatable bonds is 2. The Balaban J connectivity index is 1.52. The number of fused-ring (bicyclic) bond motifs is 1. The lowest BCUT2D eigenvalue weighted by Gasteiger charge is -2.30. The van der Waals surface area contributed by atoms with Crippen molar-refractivity contribution in [3.05, 3.63) is 52.6 Å². The van der Waals surface area contributed by atoms with E-state index in [0.29, 0.717) is 41.3 Å². The Morgan fingerprint density at radius 1 is 1.27 bits per heavy atom. The van der Waals surface area contributed by atoms with Gasteiger partial charge in [0.05, 0.1) is 11.1 Å². The van der Waals surface area contributed by atoms with Crippen molar-refractivity contribution in [1.82, 2.24) is 20.1 Å². The number of nitrogens with zero attached hydrogens (tertiary/aromatic N) is 4. The molecule has 4 rings (SSSR count). The van der Waals surface area contributed by atoms with Gasteiger partial charge in [-0.1, -0.05) is 11.6 Å². The fourth-order valence-electron chi connectivity index (χ4n) is 3.24. The summed E-state index contributed by atoms with van der Waals surface area (Å²) in [5.74, 6) is 0.770. The number of amides is 1. The molecule has 0 atom stereocenters. The highest BCUT2D eigenvalue weighted by Crippen LogP contribution is 2.29. The second kappa shape index (κ2) is 6.64. The normalized spacial score (nSPS) is 15.6. The van der Waals surface area contributed by atoms with Gasteiger partial charge in [0.15, 0.2) is 0 Å². The molecule has 1 fully saturated rings. The maximum atomic E-state index is 13.3. The summed E-state index contributed by atoms with van der Waals surface area (Å²) in [7, 11) is 0. The van der Waals surface area contributed by atoms with Crippen LogP contribution in [0.15, 0.2) is 28.7 Å². The monoisotopic (exact) mass is 374 g/mol. The zero-order chi connectivity index (χ0) is 18.3. The number of halogens is 2. The van der Waals surface area contributed by atoms with E-state index in [0.717, 1.165) is 12.8 Å². The van der Waals surface area contributed by atoms with Gasteiger partial charge >= 0.3 is 0 Å². The van der Waals surface area contributed by atoms with E-state index in [4.69, 9.17) is 16.0 Å². The largest absolute Gasteiger partial charge is 0.425 e. The van der Waals surface area contributed by atoms with Gasteiger partial charge in [-0.3, -0.25) is 4.79 Å². The average Bonchev–Trinajstić information content (AvgIpc) is 3.07. The van der Waals surface area contributed by atoms with Gasteiger partial charge in [0, 0.05) is 37.4 Å². The number of hydrogen-bond donors (Lipinski definition) is 0. The molecule has 1 aromatic carbocycles. The van der Waals surface area contributed by atoms with E-state index in [1.54, 1.807) is 24.0 Å². The van der Waals surface area contributed by atoms with Crippen LogP contribution in [0.4, 0.5) is 4.39 Å². The zero-order valence-corrected chi connectivity index (χ0v) is 14.8. The van der Waals surface area contributed by atoms with Crippen molar-refractivity contribution in [2.24, 2.45) is 0 Å². The summed E-state index contributed by atoms with van der Waals surface area (Å²) >= 11 is 6.18. The predicted molar refractivity (Wildman–Crippen MR) is 93.6 cm³/mol. The van der Waals surface area contributed by atoms with E-state index in [1.165, 1.54) is 12.1 Å². The molecule has 0 saturated carbocycles. The fourth-order valence-corrected chi connectivity index (χ4v) is 3.47. The molecule has 0 radical (unpaired) electrons. The van der Waals surface area contributed by atoms with Crippen LogP contribution in [-0.4, -0.2) is 39.1 Å². The Kier molecular flexibility index (Phi) is 4.32. The Morgan fingerprint density at radius 2 is 2.04 bits per heavy atom. The highest BCUT2D eigenvalue weighted by atomic mass is 35.5. The smallest absolute Gasteiger partial charge is 0.257 e. The van der Waals surface area contributed by atoms with Crippen LogP contribution in [0.5, 0.6) is 0 Å². The van der Waals surface area contributed by atoms with Gasteiger partial charge in [0.2, 0.25) is 11.8 Å². The highest BCUT2D eigenvalue weighted by molar-refractivity contribution is 6.33. The van der Waals surface area contributed by atoms with E-state index in [-0.39, 0.29) is 17.0 Å². The number of likely N-dealkylation sites (tertiary alicyclic amines) is 1. The van der Waals surface area contributed by atoms with Gasteiger partial charge in [-0.2, -0.15) is 0 Å². The molecule has 6 nitrogen and oxygen atoms in total. The molecule has 1 aliphatic rings. The van der Waals surface area contributed by atoms with E-state index in [9.17, 15) is 9.18 Å². The summed E-state index contributed by atoms with van der Waals surface area (Å²) in [6.07, 6.45) is 1.49. The van der Waals surface area contributed by atoms with Crippen LogP contribution in [0.3, 0.4) is 0 Å². The van der Waals surface area contributed by atoms with Gasteiger partial charge < -0.3 is 9.32 Å². The number of carbonyl (C=O) groups is 1. The molecule has 1 saturated heterocycles. The lowest BCUT2D eigenvalue weighted by Crippen LogP contribution is -2.38. The standard InChI is InChI=1S/C18H16ClFN4O2/c1-10-22-23-17(26-10)11-4-6-24(7-5-11)18(25)14-8-12-2-3-13(20)9-15(12)21-16(14)19/h2-3,8-9,11H,4-7H2,1H3.